The van der Waals surface area contributed by atoms with Crippen LogP contribution in [0.25, 0.3) is 0 Å². The lowest BCUT2D eigenvalue weighted by molar-refractivity contribution is 0.381. The van der Waals surface area contributed by atoms with Crippen LogP contribution < -0.4 is 5.73 Å². The third-order valence-electron chi connectivity index (χ3n) is 3.72. The number of allylic oxidation sites excluding steroid dienone is 2. The van der Waals surface area contributed by atoms with Gasteiger partial charge in [0.2, 0.25) is 0 Å². The standard InChI is InChI=1S/C18H37N.H2O4S/c1-2-3-4-5-6-7-8-9-10-11-12-13-14-15-16-17-18-19;1-5(2,3)4/h9-10H,2-8,11-19H2,1H3;(H2,1,2,3,4)/b10-9-;. The van der Waals surface area contributed by atoms with Gasteiger partial charge in [-0.1, -0.05) is 76.9 Å². The molecule has 6 heteroatoms. The first kappa shape index (κ1) is 25.8. The maximum Gasteiger partial charge on any atom is 0.394 e. The van der Waals surface area contributed by atoms with Crippen LogP contribution in [0.3, 0.4) is 0 Å². The van der Waals surface area contributed by atoms with Gasteiger partial charge in [0.05, 0.1) is 0 Å². The van der Waals surface area contributed by atoms with E-state index >= 15 is 0 Å². The number of nitrogens with two attached hydrogens (primary N) is 1. The van der Waals surface area contributed by atoms with Crippen LogP contribution in [0, 0.1) is 0 Å². The highest BCUT2D eigenvalue weighted by Gasteiger charge is 1.90. The molecule has 0 aromatic rings. The van der Waals surface area contributed by atoms with E-state index in [0.717, 1.165) is 6.54 Å². The Balaban J connectivity index is 0. The summed E-state index contributed by atoms with van der Waals surface area (Å²) in [7, 11) is -4.67. The van der Waals surface area contributed by atoms with Gasteiger partial charge in [-0.25, -0.2) is 0 Å². The molecule has 24 heavy (non-hydrogen) atoms. The fraction of sp³-hybridized carbons (Fsp3) is 0.889. The first-order valence-electron chi connectivity index (χ1n) is 9.46. The molecule has 0 saturated carbocycles. The van der Waals surface area contributed by atoms with Crippen molar-refractivity contribution in [2.24, 2.45) is 5.73 Å². The van der Waals surface area contributed by atoms with Crippen molar-refractivity contribution in [1.82, 2.24) is 0 Å². The zero-order valence-corrected chi connectivity index (χ0v) is 16.3. The van der Waals surface area contributed by atoms with E-state index in [1.165, 1.54) is 89.9 Å². The Bertz CT molecular complexity index is 348. The lowest BCUT2D eigenvalue weighted by Gasteiger charge is -1.99. The van der Waals surface area contributed by atoms with E-state index in [4.69, 9.17) is 23.3 Å². The summed E-state index contributed by atoms with van der Waals surface area (Å²) < 4.78 is 31.6. The van der Waals surface area contributed by atoms with Crippen LogP contribution in [0.4, 0.5) is 0 Å². The topological polar surface area (TPSA) is 101 Å². The summed E-state index contributed by atoms with van der Waals surface area (Å²) in [5.74, 6) is 0. The molecule has 0 aliphatic carbocycles. The minimum absolute atomic E-state index is 0.862. The smallest absolute Gasteiger partial charge is 0.330 e. The summed E-state index contributed by atoms with van der Waals surface area (Å²) in [6.45, 7) is 3.14. The molecule has 0 heterocycles. The average molecular weight is 366 g/mol. The molecule has 0 bridgehead atoms. The second kappa shape index (κ2) is 20.6. The third kappa shape index (κ3) is 37.6. The Hall–Kier alpha value is -0.430. The first-order chi connectivity index (χ1) is 11.4. The predicted octanol–water partition coefficient (Wildman–Crippen LogP) is 5.33. The van der Waals surface area contributed by atoms with E-state index in [1.807, 2.05) is 0 Å². The molecule has 0 unspecified atom stereocenters. The zero-order chi connectivity index (χ0) is 18.5. The summed E-state index contributed by atoms with van der Waals surface area (Å²) in [6, 6.07) is 0. The SMILES string of the molecule is CCCCCCCC/C=C\CCCCCCCCN.O=S(=O)(O)O. The van der Waals surface area contributed by atoms with Gasteiger partial charge in [0.25, 0.3) is 0 Å². The molecule has 0 saturated heterocycles. The van der Waals surface area contributed by atoms with Crippen molar-refractivity contribution < 1.29 is 17.5 Å². The van der Waals surface area contributed by atoms with Gasteiger partial charge in [-0.05, 0) is 38.6 Å². The molecule has 0 aliphatic rings. The Labute approximate surface area is 149 Å². The van der Waals surface area contributed by atoms with Gasteiger partial charge in [-0.15, -0.1) is 0 Å². The second-order valence-corrected chi connectivity index (χ2v) is 7.07. The monoisotopic (exact) mass is 365 g/mol. The molecule has 146 valence electrons. The molecular weight excluding hydrogens is 326 g/mol. The molecule has 0 amide bonds. The number of unbranched alkanes of at least 4 members (excludes halogenated alkanes) is 12. The van der Waals surface area contributed by atoms with Crippen molar-refractivity contribution in [1.29, 1.82) is 0 Å². The summed E-state index contributed by atoms with van der Waals surface area (Å²) in [4.78, 5) is 0. The summed E-state index contributed by atoms with van der Waals surface area (Å²) in [5.41, 5.74) is 5.47. The molecular formula is C18H39NO4S. The summed E-state index contributed by atoms with van der Waals surface area (Å²) >= 11 is 0. The molecule has 0 aliphatic heterocycles. The van der Waals surface area contributed by atoms with Crippen LogP contribution in [-0.2, 0) is 10.4 Å². The quantitative estimate of drug-likeness (QED) is 0.207. The van der Waals surface area contributed by atoms with Crippen LogP contribution in [0.5, 0.6) is 0 Å². The molecule has 0 aromatic carbocycles. The average Bonchev–Trinajstić information content (AvgIpc) is 2.49. The highest BCUT2D eigenvalue weighted by molar-refractivity contribution is 7.79. The van der Waals surface area contributed by atoms with E-state index in [-0.39, 0.29) is 0 Å². The van der Waals surface area contributed by atoms with Gasteiger partial charge in [0.15, 0.2) is 0 Å². The lowest BCUT2D eigenvalue weighted by atomic mass is 10.1. The Kier molecular flexibility index (Phi) is 22.2. The van der Waals surface area contributed by atoms with Crippen molar-refractivity contribution >= 4 is 10.4 Å². The van der Waals surface area contributed by atoms with Crippen molar-refractivity contribution in [3.63, 3.8) is 0 Å². The number of rotatable bonds is 15. The second-order valence-electron chi connectivity index (χ2n) is 6.17. The van der Waals surface area contributed by atoms with Crippen LogP contribution in [0.15, 0.2) is 12.2 Å². The highest BCUT2D eigenvalue weighted by Crippen LogP contribution is 2.09. The minimum atomic E-state index is -4.67. The van der Waals surface area contributed by atoms with Gasteiger partial charge in [0.1, 0.15) is 0 Å². The van der Waals surface area contributed by atoms with Crippen molar-refractivity contribution in [2.75, 3.05) is 6.54 Å². The Morgan fingerprint density at radius 3 is 1.42 bits per heavy atom. The fourth-order valence-corrected chi connectivity index (χ4v) is 2.39. The number of hydrogen-bond donors (Lipinski definition) is 3. The van der Waals surface area contributed by atoms with Gasteiger partial charge < -0.3 is 5.73 Å². The van der Waals surface area contributed by atoms with E-state index in [0.29, 0.717) is 0 Å². The largest absolute Gasteiger partial charge is 0.394 e. The Morgan fingerprint density at radius 1 is 0.708 bits per heavy atom. The third-order valence-corrected chi connectivity index (χ3v) is 3.72. The van der Waals surface area contributed by atoms with Gasteiger partial charge in [-0.2, -0.15) is 8.42 Å². The minimum Gasteiger partial charge on any atom is -0.330 e. The molecule has 4 N–H and O–H groups in total. The van der Waals surface area contributed by atoms with E-state index < -0.39 is 10.4 Å². The molecule has 0 atom stereocenters. The normalized spacial score (nSPS) is 11.5. The summed E-state index contributed by atoms with van der Waals surface area (Å²) in [5, 5.41) is 0. The predicted molar refractivity (Wildman–Crippen MR) is 103 cm³/mol. The van der Waals surface area contributed by atoms with Crippen LogP contribution in [0.2, 0.25) is 0 Å². The van der Waals surface area contributed by atoms with Crippen molar-refractivity contribution in [3.8, 4) is 0 Å². The molecule has 5 nitrogen and oxygen atoms in total. The van der Waals surface area contributed by atoms with E-state index in [9.17, 15) is 0 Å². The Morgan fingerprint density at radius 2 is 1.04 bits per heavy atom. The molecule has 0 fully saturated rings. The zero-order valence-electron chi connectivity index (χ0n) is 15.5. The van der Waals surface area contributed by atoms with Crippen molar-refractivity contribution in [2.45, 2.75) is 96.8 Å². The van der Waals surface area contributed by atoms with Gasteiger partial charge in [-0.3, -0.25) is 9.11 Å². The van der Waals surface area contributed by atoms with Gasteiger partial charge >= 0.3 is 10.4 Å². The highest BCUT2D eigenvalue weighted by atomic mass is 32.3. The number of hydrogen-bond acceptors (Lipinski definition) is 3. The van der Waals surface area contributed by atoms with Crippen LogP contribution in [0.1, 0.15) is 96.8 Å². The maximum absolute atomic E-state index is 8.74. The van der Waals surface area contributed by atoms with E-state index in [2.05, 4.69) is 19.1 Å². The molecule has 0 aromatic heterocycles. The van der Waals surface area contributed by atoms with Crippen LogP contribution in [-0.4, -0.2) is 24.1 Å². The molecule has 0 radical (unpaired) electrons. The van der Waals surface area contributed by atoms with Crippen LogP contribution >= 0.6 is 0 Å². The van der Waals surface area contributed by atoms with E-state index in [1.54, 1.807) is 0 Å². The first-order valence-corrected chi connectivity index (χ1v) is 10.9. The van der Waals surface area contributed by atoms with Crippen molar-refractivity contribution in [3.05, 3.63) is 12.2 Å². The molecule has 0 rings (SSSR count). The lowest BCUT2D eigenvalue weighted by Crippen LogP contribution is -1.97. The summed E-state index contributed by atoms with van der Waals surface area (Å²) in [6.07, 6.45) is 23.9. The molecule has 0 spiro atoms. The van der Waals surface area contributed by atoms with Gasteiger partial charge in [0, 0.05) is 0 Å². The maximum atomic E-state index is 8.74. The fourth-order valence-electron chi connectivity index (χ4n) is 2.39.